The van der Waals surface area contributed by atoms with Crippen molar-refractivity contribution in [2.24, 2.45) is 5.41 Å². The Morgan fingerprint density at radius 3 is 2.19 bits per heavy atom. The molecule has 0 aliphatic heterocycles. The van der Waals surface area contributed by atoms with Crippen LogP contribution in [0.1, 0.15) is 76.4 Å². The number of aryl methyl sites for hydroxylation is 1. The fourth-order valence-corrected chi connectivity index (χ4v) is 3.36. The van der Waals surface area contributed by atoms with Gasteiger partial charge in [0.15, 0.2) is 0 Å². The van der Waals surface area contributed by atoms with Crippen LogP contribution in [0.4, 0.5) is 0 Å². The lowest BCUT2D eigenvalue weighted by molar-refractivity contribution is -0.0732. The molecule has 1 aliphatic carbocycles. The second-order valence-electron chi connectivity index (χ2n) is 7.43. The van der Waals surface area contributed by atoms with E-state index in [0.29, 0.717) is 11.2 Å². The first-order valence-corrected chi connectivity index (χ1v) is 7.87. The summed E-state index contributed by atoms with van der Waals surface area (Å²) >= 11 is 0. The molecule has 1 heterocycles. The summed E-state index contributed by atoms with van der Waals surface area (Å²) in [6.45, 7) is 10.5. The fraction of sp³-hybridized carbons (Fsp3) is 0.765. The van der Waals surface area contributed by atoms with Crippen molar-refractivity contribution < 1.29 is 4.74 Å². The maximum atomic E-state index is 12.4. The Bertz CT molecular complexity index is 563. The zero-order valence-corrected chi connectivity index (χ0v) is 14.2. The van der Waals surface area contributed by atoms with Gasteiger partial charge in [-0.25, -0.2) is 4.98 Å². The molecule has 2 rings (SSSR count). The molecule has 0 amide bonds. The second kappa shape index (κ2) is 5.56. The van der Waals surface area contributed by atoms with E-state index in [9.17, 15) is 4.79 Å². The number of rotatable bonds is 3. The fourth-order valence-electron chi connectivity index (χ4n) is 3.36. The van der Waals surface area contributed by atoms with Gasteiger partial charge in [0.05, 0.1) is 0 Å². The van der Waals surface area contributed by atoms with Gasteiger partial charge in [0.25, 0.3) is 5.56 Å². The van der Waals surface area contributed by atoms with Gasteiger partial charge in [0.1, 0.15) is 11.4 Å². The highest BCUT2D eigenvalue weighted by Gasteiger charge is 2.42. The van der Waals surface area contributed by atoms with Gasteiger partial charge in [0.2, 0.25) is 0 Å². The molecule has 21 heavy (non-hydrogen) atoms. The standard InChI is InChI=1S/C17H28N2O2/c1-11(2)13-12(3)18-15(19-14(13)20)17(21-6)9-7-16(4,5)8-10-17/h11H,7-10H2,1-6H3,(H,18,19,20). The summed E-state index contributed by atoms with van der Waals surface area (Å²) in [7, 11) is 1.73. The maximum Gasteiger partial charge on any atom is 0.254 e. The lowest BCUT2D eigenvalue weighted by Crippen LogP contribution is -2.39. The van der Waals surface area contributed by atoms with E-state index in [-0.39, 0.29) is 11.5 Å². The minimum Gasteiger partial charge on any atom is -0.370 e. The molecule has 0 atom stereocenters. The van der Waals surface area contributed by atoms with Crippen LogP contribution in [0.3, 0.4) is 0 Å². The van der Waals surface area contributed by atoms with Gasteiger partial charge >= 0.3 is 0 Å². The maximum absolute atomic E-state index is 12.4. The summed E-state index contributed by atoms with van der Waals surface area (Å²) in [5.74, 6) is 0.881. The van der Waals surface area contributed by atoms with E-state index in [4.69, 9.17) is 4.74 Å². The Balaban J connectivity index is 2.43. The molecule has 0 spiro atoms. The highest BCUT2D eigenvalue weighted by atomic mass is 16.5. The van der Waals surface area contributed by atoms with Crippen LogP contribution >= 0.6 is 0 Å². The molecular weight excluding hydrogens is 264 g/mol. The molecule has 4 nitrogen and oxygen atoms in total. The van der Waals surface area contributed by atoms with Gasteiger partial charge in [-0.3, -0.25) is 4.79 Å². The molecule has 0 saturated heterocycles. The van der Waals surface area contributed by atoms with Crippen LogP contribution in [0.25, 0.3) is 0 Å². The van der Waals surface area contributed by atoms with Crippen LogP contribution in [0, 0.1) is 12.3 Å². The van der Waals surface area contributed by atoms with Gasteiger partial charge in [-0.2, -0.15) is 0 Å². The van der Waals surface area contributed by atoms with E-state index in [1.54, 1.807) is 7.11 Å². The topological polar surface area (TPSA) is 55.0 Å². The highest BCUT2D eigenvalue weighted by molar-refractivity contribution is 5.22. The molecule has 0 unspecified atom stereocenters. The number of hydrogen-bond donors (Lipinski definition) is 1. The third-order valence-electron chi connectivity index (χ3n) is 4.96. The van der Waals surface area contributed by atoms with Crippen molar-refractivity contribution in [1.29, 1.82) is 0 Å². The highest BCUT2D eigenvalue weighted by Crippen LogP contribution is 2.45. The number of nitrogens with one attached hydrogen (secondary N) is 1. The molecular formula is C17H28N2O2. The monoisotopic (exact) mass is 292 g/mol. The van der Waals surface area contributed by atoms with Crippen LogP contribution in [-0.2, 0) is 10.3 Å². The molecule has 0 aromatic carbocycles. The van der Waals surface area contributed by atoms with Gasteiger partial charge in [0, 0.05) is 18.4 Å². The number of H-pyrrole nitrogens is 1. The van der Waals surface area contributed by atoms with Crippen molar-refractivity contribution in [2.75, 3.05) is 7.11 Å². The Kier molecular flexibility index (Phi) is 4.29. The number of aromatic nitrogens is 2. The minimum absolute atomic E-state index is 0.0197. The zero-order valence-electron chi connectivity index (χ0n) is 14.2. The summed E-state index contributed by atoms with van der Waals surface area (Å²) in [5, 5.41) is 0. The van der Waals surface area contributed by atoms with Crippen LogP contribution in [0.15, 0.2) is 4.79 Å². The van der Waals surface area contributed by atoms with Crippen LogP contribution < -0.4 is 5.56 Å². The lowest BCUT2D eigenvalue weighted by atomic mass is 9.70. The van der Waals surface area contributed by atoms with Crippen molar-refractivity contribution in [2.45, 2.75) is 71.8 Å². The zero-order chi connectivity index (χ0) is 15.8. The van der Waals surface area contributed by atoms with E-state index in [1.807, 2.05) is 20.8 Å². The van der Waals surface area contributed by atoms with Crippen molar-refractivity contribution in [3.63, 3.8) is 0 Å². The average molecular weight is 292 g/mol. The van der Waals surface area contributed by atoms with E-state index >= 15 is 0 Å². The van der Waals surface area contributed by atoms with Crippen LogP contribution in [0.5, 0.6) is 0 Å². The van der Waals surface area contributed by atoms with Crippen LogP contribution in [-0.4, -0.2) is 17.1 Å². The van der Waals surface area contributed by atoms with Gasteiger partial charge in [-0.15, -0.1) is 0 Å². The van der Waals surface area contributed by atoms with E-state index in [1.165, 1.54) is 0 Å². The Morgan fingerprint density at radius 2 is 1.76 bits per heavy atom. The van der Waals surface area contributed by atoms with Crippen molar-refractivity contribution in [1.82, 2.24) is 9.97 Å². The van der Waals surface area contributed by atoms with E-state index < -0.39 is 5.60 Å². The molecule has 0 radical (unpaired) electrons. The minimum atomic E-state index is -0.436. The van der Waals surface area contributed by atoms with Gasteiger partial charge in [-0.1, -0.05) is 27.7 Å². The number of hydrogen-bond acceptors (Lipinski definition) is 3. The molecule has 1 aromatic rings. The number of nitrogens with zero attached hydrogens (tertiary/aromatic N) is 1. The summed E-state index contributed by atoms with van der Waals surface area (Å²) in [6, 6.07) is 0. The molecule has 4 heteroatoms. The first kappa shape index (κ1) is 16.2. The predicted molar refractivity (Wildman–Crippen MR) is 84.6 cm³/mol. The SMILES string of the molecule is COC1(c2nc(C)c(C(C)C)c(=O)[nH]2)CCC(C)(C)CC1. The third kappa shape index (κ3) is 3.05. The Hall–Kier alpha value is -1.16. The number of methoxy groups -OCH3 is 1. The number of ether oxygens (including phenoxy) is 1. The second-order valence-corrected chi connectivity index (χ2v) is 7.43. The summed E-state index contributed by atoms with van der Waals surface area (Å²) in [5.41, 5.74) is 1.49. The Morgan fingerprint density at radius 1 is 1.19 bits per heavy atom. The Labute approximate surface area is 127 Å². The predicted octanol–water partition coefficient (Wildman–Crippen LogP) is 3.64. The van der Waals surface area contributed by atoms with E-state index in [2.05, 4.69) is 23.8 Å². The normalized spacial score (nSPS) is 20.7. The summed E-state index contributed by atoms with van der Waals surface area (Å²) < 4.78 is 5.84. The third-order valence-corrected chi connectivity index (χ3v) is 4.96. The van der Waals surface area contributed by atoms with E-state index in [0.717, 1.165) is 36.9 Å². The molecule has 1 saturated carbocycles. The van der Waals surface area contributed by atoms with Crippen molar-refractivity contribution in [3.05, 3.63) is 27.4 Å². The summed E-state index contributed by atoms with van der Waals surface area (Å²) in [4.78, 5) is 20.1. The molecule has 1 fully saturated rings. The molecule has 1 aromatic heterocycles. The van der Waals surface area contributed by atoms with Crippen molar-refractivity contribution >= 4 is 0 Å². The smallest absolute Gasteiger partial charge is 0.254 e. The van der Waals surface area contributed by atoms with Crippen molar-refractivity contribution in [3.8, 4) is 0 Å². The van der Waals surface area contributed by atoms with Gasteiger partial charge in [-0.05, 0) is 43.9 Å². The van der Waals surface area contributed by atoms with Gasteiger partial charge < -0.3 is 9.72 Å². The molecule has 0 bridgehead atoms. The summed E-state index contributed by atoms with van der Waals surface area (Å²) in [6.07, 6.45) is 3.96. The molecule has 1 aliphatic rings. The largest absolute Gasteiger partial charge is 0.370 e. The quantitative estimate of drug-likeness (QED) is 0.925. The average Bonchev–Trinajstić information content (AvgIpc) is 2.38. The molecule has 1 N–H and O–H groups in total. The lowest BCUT2D eigenvalue weighted by Gasteiger charge is -2.42. The first-order valence-electron chi connectivity index (χ1n) is 7.87. The van der Waals surface area contributed by atoms with Crippen LogP contribution in [0.2, 0.25) is 0 Å². The first-order chi connectivity index (χ1) is 9.71. The number of aromatic amines is 1. The molecule has 118 valence electrons.